The van der Waals surface area contributed by atoms with Gasteiger partial charge in [-0.3, -0.25) is 9.69 Å². The summed E-state index contributed by atoms with van der Waals surface area (Å²) >= 11 is 10.4. The first-order valence-electron chi connectivity index (χ1n) is 9.95. The number of amides is 1. The van der Waals surface area contributed by atoms with Crippen molar-refractivity contribution in [2.75, 3.05) is 0 Å². The van der Waals surface area contributed by atoms with Gasteiger partial charge >= 0.3 is 0 Å². The molecule has 1 aliphatic carbocycles. The Morgan fingerprint density at radius 1 is 1.17 bits per heavy atom. The lowest BCUT2D eigenvalue weighted by Crippen LogP contribution is -2.39. The third-order valence-electron chi connectivity index (χ3n) is 5.33. The van der Waals surface area contributed by atoms with Crippen LogP contribution in [0.3, 0.4) is 0 Å². The van der Waals surface area contributed by atoms with Gasteiger partial charge in [0.15, 0.2) is 0 Å². The predicted molar refractivity (Wildman–Crippen MR) is 127 cm³/mol. The van der Waals surface area contributed by atoms with Crippen LogP contribution >= 0.6 is 39.9 Å². The minimum atomic E-state index is -0.275. The molecule has 0 bridgehead atoms. The van der Waals surface area contributed by atoms with E-state index in [1.54, 1.807) is 12.1 Å². The maximum Gasteiger partial charge on any atom is 0.266 e. The van der Waals surface area contributed by atoms with Gasteiger partial charge in [0, 0.05) is 16.1 Å². The number of nitrogens with zero attached hydrogens (tertiary/aromatic N) is 1. The van der Waals surface area contributed by atoms with Crippen LogP contribution in [0.2, 0.25) is 0 Å². The second kappa shape index (κ2) is 9.62. The van der Waals surface area contributed by atoms with Gasteiger partial charge in [0.2, 0.25) is 0 Å². The number of thioether (sulfide) groups is 1. The summed E-state index contributed by atoms with van der Waals surface area (Å²) in [5, 5.41) is 0. The molecule has 1 saturated carbocycles. The van der Waals surface area contributed by atoms with Crippen LogP contribution in [0.25, 0.3) is 6.08 Å². The molecule has 1 amide bonds. The SMILES string of the molecule is O=C1/C(=C\c2cc(Br)ccc2OCc2ccc(F)cc2)SC(=S)N1C1CCCCC1. The number of carbonyl (C=O) groups excluding carboxylic acids is 1. The molecule has 0 aromatic heterocycles. The molecule has 3 nitrogen and oxygen atoms in total. The highest BCUT2D eigenvalue weighted by Crippen LogP contribution is 2.38. The van der Waals surface area contributed by atoms with E-state index in [9.17, 15) is 9.18 Å². The van der Waals surface area contributed by atoms with Crippen LogP contribution in [0.1, 0.15) is 43.2 Å². The van der Waals surface area contributed by atoms with Crippen molar-refractivity contribution < 1.29 is 13.9 Å². The van der Waals surface area contributed by atoms with Crippen molar-refractivity contribution in [3.63, 3.8) is 0 Å². The summed E-state index contributed by atoms with van der Waals surface area (Å²) in [5.74, 6) is 0.370. The van der Waals surface area contributed by atoms with Crippen LogP contribution < -0.4 is 4.74 Å². The molecule has 0 radical (unpaired) electrons. The first kappa shape index (κ1) is 21.5. The number of rotatable bonds is 5. The molecule has 0 N–H and O–H groups in total. The smallest absolute Gasteiger partial charge is 0.266 e. The van der Waals surface area contributed by atoms with Gasteiger partial charge < -0.3 is 4.74 Å². The van der Waals surface area contributed by atoms with Crippen LogP contribution in [0.5, 0.6) is 5.75 Å². The third-order valence-corrected chi connectivity index (χ3v) is 7.15. The number of halogens is 2. The van der Waals surface area contributed by atoms with Gasteiger partial charge in [-0.25, -0.2) is 4.39 Å². The zero-order valence-electron chi connectivity index (χ0n) is 16.3. The van der Waals surface area contributed by atoms with Gasteiger partial charge in [-0.2, -0.15) is 0 Å². The average Bonchev–Trinajstić information content (AvgIpc) is 3.02. The van der Waals surface area contributed by atoms with Crippen molar-refractivity contribution in [3.05, 3.63) is 68.8 Å². The van der Waals surface area contributed by atoms with E-state index in [2.05, 4.69) is 15.9 Å². The molecule has 0 spiro atoms. The summed E-state index contributed by atoms with van der Waals surface area (Å²) in [6.07, 6.45) is 7.41. The highest BCUT2D eigenvalue weighted by Gasteiger charge is 2.37. The number of carbonyl (C=O) groups is 1. The topological polar surface area (TPSA) is 29.5 Å². The van der Waals surface area contributed by atoms with Gasteiger partial charge in [-0.15, -0.1) is 0 Å². The molecular weight excluding hydrogens is 485 g/mol. The molecule has 156 valence electrons. The van der Waals surface area contributed by atoms with Gasteiger partial charge in [0.05, 0.1) is 4.91 Å². The van der Waals surface area contributed by atoms with Crippen molar-refractivity contribution in [1.82, 2.24) is 4.90 Å². The minimum Gasteiger partial charge on any atom is -0.488 e. The van der Waals surface area contributed by atoms with Gasteiger partial charge in [0.1, 0.15) is 22.5 Å². The summed E-state index contributed by atoms with van der Waals surface area (Å²) in [5.41, 5.74) is 1.67. The van der Waals surface area contributed by atoms with E-state index >= 15 is 0 Å². The predicted octanol–water partition coefficient (Wildman–Crippen LogP) is 6.70. The molecule has 1 aliphatic heterocycles. The van der Waals surface area contributed by atoms with Crippen LogP contribution in [0.4, 0.5) is 4.39 Å². The van der Waals surface area contributed by atoms with E-state index in [1.807, 2.05) is 29.2 Å². The summed E-state index contributed by atoms with van der Waals surface area (Å²) in [6, 6.07) is 12.1. The van der Waals surface area contributed by atoms with Gasteiger partial charge in [0.25, 0.3) is 5.91 Å². The Morgan fingerprint density at radius 2 is 1.90 bits per heavy atom. The fourth-order valence-corrected chi connectivity index (χ4v) is 5.55. The zero-order chi connectivity index (χ0) is 21.1. The van der Waals surface area contributed by atoms with Crippen molar-refractivity contribution >= 4 is 56.2 Å². The van der Waals surface area contributed by atoms with Crippen LogP contribution in [0.15, 0.2) is 51.8 Å². The maximum absolute atomic E-state index is 13.1. The maximum atomic E-state index is 13.1. The van der Waals surface area contributed by atoms with E-state index in [0.717, 1.165) is 41.3 Å². The highest BCUT2D eigenvalue weighted by molar-refractivity contribution is 9.10. The molecule has 2 fully saturated rings. The first-order valence-corrected chi connectivity index (χ1v) is 12.0. The number of hydrogen-bond donors (Lipinski definition) is 0. The molecule has 2 aliphatic rings. The molecule has 1 saturated heterocycles. The Bertz CT molecular complexity index is 987. The Morgan fingerprint density at radius 3 is 2.63 bits per heavy atom. The van der Waals surface area contributed by atoms with Crippen molar-refractivity contribution in [3.8, 4) is 5.75 Å². The van der Waals surface area contributed by atoms with Crippen molar-refractivity contribution in [2.24, 2.45) is 0 Å². The van der Waals surface area contributed by atoms with E-state index < -0.39 is 0 Å². The third kappa shape index (κ3) is 4.95. The molecule has 2 aromatic carbocycles. The second-order valence-electron chi connectivity index (χ2n) is 7.44. The Kier molecular flexibility index (Phi) is 6.91. The molecule has 1 heterocycles. The van der Waals surface area contributed by atoms with Gasteiger partial charge in [-0.1, -0.05) is 71.3 Å². The van der Waals surface area contributed by atoms with Crippen LogP contribution in [-0.2, 0) is 11.4 Å². The lowest BCUT2D eigenvalue weighted by molar-refractivity contribution is -0.124. The summed E-state index contributed by atoms with van der Waals surface area (Å²) in [7, 11) is 0. The molecule has 30 heavy (non-hydrogen) atoms. The fourth-order valence-electron chi connectivity index (χ4n) is 3.78. The number of hydrogen-bond acceptors (Lipinski definition) is 4. The molecule has 0 unspecified atom stereocenters. The molecule has 4 rings (SSSR count). The monoisotopic (exact) mass is 505 g/mol. The minimum absolute atomic E-state index is 0.0126. The van der Waals surface area contributed by atoms with Crippen LogP contribution in [0, 0.1) is 5.82 Å². The Hall–Kier alpha value is -1.70. The molecule has 0 atom stereocenters. The van der Waals surface area contributed by atoms with E-state index in [1.165, 1.54) is 30.3 Å². The van der Waals surface area contributed by atoms with E-state index in [4.69, 9.17) is 17.0 Å². The fraction of sp³-hybridized carbons (Fsp3) is 0.304. The van der Waals surface area contributed by atoms with Crippen molar-refractivity contribution in [2.45, 2.75) is 44.8 Å². The lowest BCUT2D eigenvalue weighted by atomic mass is 9.94. The quantitative estimate of drug-likeness (QED) is 0.334. The van der Waals surface area contributed by atoms with E-state index in [0.29, 0.717) is 21.6 Å². The summed E-state index contributed by atoms with van der Waals surface area (Å²) in [4.78, 5) is 15.5. The summed E-state index contributed by atoms with van der Waals surface area (Å²) < 4.78 is 20.6. The Labute approximate surface area is 193 Å². The van der Waals surface area contributed by atoms with Crippen molar-refractivity contribution in [1.29, 1.82) is 0 Å². The summed E-state index contributed by atoms with van der Waals surface area (Å²) in [6.45, 7) is 0.311. The molecule has 7 heteroatoms. The molecular formula is C23H21BrFNO2S2. The zero-order valence-corrected chi connectivity index (χ0v) is 19.5. The van der Waals surface area contributed by atoms with E-state index in [-0.39, 0.29) is 17.8 Å². The lowest BCUT2D eigenvalue weighted by Gasteiger charge is -2.29. The highest BCUT2D eigenvalue weighted by atomic mass is 79.9. The molecule has 2 aromatic rings. The largest absolute Gasteiger partial charge is 0.488 e. The number of ether oxygens (including phenoxy) is 1. The second-order valence-corrected chi connectivity index (χ2v) is 10.0. The first-order chi connectivity index (χ1) is 14.5. The van der Waals surface area contributed by atoms with Crippen LogP contribution in [-0.4, -0.2) is 21.2 Å². The van der Waals surface area contributed by atoms with Gasteiger partial charge in [-0.05, 0) is 54.8 Å². The Balaban J connectivity index is 1.55. The average molecular weight is 506 g/mol. The number of benzene rings is 2. The standard InChI is InChI=1S/C23H21BrFNO2S2/c24-17-8-11-20(28-14-15-6-9-18(25)10-7-15)16(12-17)13-21-22(27)26(23(29)30-21)19-4-2-1-3-5-19/h6-13,19H,1-5,14H2/b21-13+. The normalized spacial score (nSPS) is 19.0. The number of thiocarbonyl (C=S) groups is 1.